The smallest absolute Gasteiger partial charge is 0.195 e. The fraction of sp³-hybridized carbons (Fsp3) is 0.348. The average molecular weight is 448 g/mol. The van der Waals surface area contributed by atoms with Gasteiger partial charge in [-0.15, -0.1) is 6.58 Å². The quantitative estimate of drug-likeness (QED) is 0.249. The van der Waals surface area contributed by atoms with Crippen LogP contribution in [-0.2, 0) is 0 Å². The number of nitrogens with one attached hydrogen (secondary N) is 1. The first-order valence-electron chi connectivity index (χ1n) is 9.56. The number of carbonyl (C=O) groups is 1. The minimum atomic E-state index is -0.563. The van der Waals surface area contributed by atoms with E-state index in [0.717, 1.165) is 36.6 Å². The van der Waals surface area contributed by atoms with Crippen LogP contribution in [0.25, 0.3) is 0 Å². The predicted molar refractivity (Wildman–Crippen MR) is 116 cm³/mol. The molecular formula is C23H27BrFNO2. The first kappa shape index (κ1) is 22.3. The van der Waals surface area contributed by atoms with Crippen molar-refractivity contribution in [2.45, 2.75) is 38.1 Å². The average Bonchev–Trinajstić information content (AvgIpc) is 2.70. The number of rotatable bonds is 12. The van der Waals surface area contributed by atoms with Crippen molar-refractivity contribution in [3.63, 3.8) is 0 Å². The van der Waals surface area contributed by atoms with E-state index in [1.165, 1.54) is 12.1 Å². The largest absolute Gasteiger partial charge is 0.493 e. The van der Waals surface area contributed by atoms with E-state index in [4.69, 9.17) is 4.74 Å². The lowest BCUT2D eigenvalue weighted by atomic mass is 10.0. The van der Waals surface area contributed by atoms with Gasteiger partial charge in [-0.05, 0) is 62.7 Å². The zero-order valence-electron chi connectivity index (χ0n) is 16.2. The van der Waals surface area contributed by atoms with Gasteiger partial charge in [-0.1, -0.05) is 34.8 Å². The Bertz CT molecular complexity index is 777. The summed E-state index contributed by atoms with van der Waals surface area (Å²) in [5.41, 5.74) is 0.502. The van der Waals surface area contributed by atoms with Crippen LogP contribution in [0.15, 0.2) is 59.6 Å². The number of unbranched alkanes of at least 4 members (excludes halogenated alkanes) is 2. The van der Waals surface area contributed by atoms with Gasteiger partial charge in [-0.2, -0.15) is 0 Å². The Hall–Kier alpha value is -1.98. The van der Waals surface area contributed by atoms with Gasteiger partial charge >= 0.3 is 0 Å². The fourth-order valence-corrected chi connectivity index (χ4v) is 3.23. The Morgan fingerprint density at radius 1 is 1.21 bits per heavy atom. The van der Waals surface area contributed by atoms with Crippen LogP contribution < -0.4 is 10.1 Å². The lowest BCUT2D eigenvalue weighted by molar-refractivity contribution is 0.103. The maximum absolute atomic E-state index is 14.4. The first-order chi connectivity index (χ1) is 13.5. The van der Waals surface area contributed by atoms with Gasteiger partial charge < -0.3 is 10.1 Å². The number of benzene rings is 2. The lowest BCUT2D eigenvalue weighted by Gasteiger charge is -2.13. The summed E-state index contributed by atoms with van der Waals surface area (Å²) in [7, 11) is 1.97. The normalized spacial score (nSPS) is 11.8. The van der Waals surface area contributed by atoms with Crippen LogP contribution in [0.5, 0.6) is 5.75 Å². The van der Waals surface area contributed by atoms with Crippen molar-refractivity contribution >= 4 is 21.7 Å². The maximum atomic E-state index is 14.4. The lowest BCUT2D eigenvalue weighted by Crippen LogP contribution is -2.24. The van der Waals surface area contributed by atoms with Crippen LogP contribution >= 0.6 is 15.9 Å². The Morgan fingerprint density at radius 2 is 1.96 bits per heavy atom. The van der Waals surface area contributed by atoms with Crippen molar-refractivity contribution in [1.29, 1.82) is 0 Å². The van der Waals surface area contributed by atoms with Crippen molar-refractivity contribution in [3.05, 3.63) is 76.5 Å². The third-order valence-electron chi connectivity index (χ3n) is 4.62. The molecule has 1 atom stereocenters. The zero-order valence-corrected chi connectivity index (χ0v) is 17.8. The second-order valence-corrected chi connectivity index (χ2v) is 7.60. The molecule has 0 fully saturated rings. The van der Waals surface area contributed by atoms with Gasteiger partial charge in [-0.25, -0.2) is 4.39 Å². The molecule has 0 heterocycles. The molecule has 2 aromatic carbocycles. The third kappa shape index (κ3) is 6.88. The Balaban J connectivity index is 1.80. The van der Waals surface area contributed by atoms with Gasteiger partial charge in [0.15, 0.2) is 5.78 Å². The number of ketones is 1. The van der Waals surface area contributed by atoms with Gasteiger partial charge in [-0.3, -0.25) is 4.79 Å². The molecule has 0 aliphatic heterocycles. The molecule has 0 aliphatic carbocycles. The van der Waals surface area contributed by atoms with E-state index in [1.54, 1.807) is 30.3 Å². The molecule has 150 valence electrons. The topological polar surface area (TPSA) is 38.3 Å². The number of ether oxygens (including phenoxy) is 1. The summed E-state index contributed by atoms with van der Waals surface area (Å²) in [6, 6.07) is 11.8. The number of halogens is 2. The van der Waals surface area contributed by atoms with Crippen molar-refractivity contribution in [2.24, 2.45) is 0 Å². The second-order valence-electron chi connectivity index (χ2n) is 6.69. The van der Waals surface area contributed by atoms with Gasteiger partial charge in [0, 0.05) is 22.1 Å². The van der Waals surface area contributed by atoms with Crippen molar-refractivity contribution in [2.75, 3.05) is 13.7 Å². The molecule has 0 saturated carbocycles. The molecule has 0 spiro atoms. The summed E-state index contributed by atoms with van der Waals surface area (Å²) in [6.45, 7) is 4.30. The van der Waals surface area contributed by atoms with E-state index in [-0.39, 0.29) is 11.3 Å². The molecule has 0 bridgehead atoms. The predicted octanol–water partition coefficient (Wildman–Crippen LogP) is 5.92. The Morgan fingerprint density at radius 3 is 2.61 bits per heavy atom. The highest BCUT2D eigenvalue weighted by Crippen LogP contribution is 2.21. The molecule has 0 amide bonds. The molecule has 0 radical (unpaired) electrons. The third-order valence-corrected chi connectivity index (χ3v) is 5.15. The summed E-state index contributed by atoms with van der Waals surface area (Å²) in [6.07, 6.45) is 7.08. The highest BCUT2D eigenvalue weighted by molar-refractivity contribution is 9.10. The van der Waals surface area contributed by atoms with Crippen LogP contribution in [0, 0.1) is 5.82 Å². The van der Waals surface area contributed by atoms with E-state index in [2.05, 4.69) is 27.8 Å². The van der Waals surface area contributed by atoms with Gasteiger partial charge in [0.1, 0.15) is 11.6 Å². The zero-order chi connectivity index (χ0) is 20.4. The van der Waals surface area contributed by atoms with Crippen LogP contribution in [-0.4, -0.2) is 25.5 Å². The maximum Gasteiger partial charge on any atom is 0.195 e. The molecule has 0 aromatic heterocycles. The first-order valence-corrected chi connectivity index (χ1v) is 10.3. The van der Waals surface area contributed by atoms with Crippen LogP contribution in [0.3, 0.4) is 0 Å². The fourth-order valence-electron chi connectivity index (χ4n) is 2.97. The van der Waals surface area contributed by atoms with E-state index in [0.29, 0.717) is 24.0 Å². The van der Waals surface area contributed by atoms with Crippen molar-refractivity contribution in [1.82, 2.24) is 5.32 Å². The number of hydrogen-bond acceptors (Lipinski definition) is 3. The van der Waals surface area contributed by atoms with Gasteiger partial charge in [0.25, 0.3) is 0 Å². The molecule has 0 aliphatic rings. The van der Waals surface area contributed by atoms with E-state index >= 15 is 0 Å². The highest BCUT2D eigenvalue weighted by Gasteiger charge is 2.14. The monoisotopic (exact) mass is 447 g/mol. The van der Waals surface area contributed by atoms with E-state index in [9.17, 15) is 9.18 Å². The van der Waals surface area contributed by atoms with Gasteiger partial charge in [0.2, 0.25) is 0 Å². The standard InChI is InChI=1S/C23H27BrFNO2/c1-3-7-19(26-2)8-5-4-6-15-28-20-13-14-21(22(25)16-20)23(27)17-9-11-18(24)12-10-17/h3,9-14,16,19,26H,1,4-8,15H2,2H3. The Labute approximate surface area is 175 Å². The van der Waals surface area contributed by atoms with Crippen molar-refractivity contribution in [3.8, 4) is 5.75 Å². The SMILES string of the molecule is C=CCC(CCCCCOc1ccc(C(=O)c2ccc(Br)cc2)c(F)c1)NC. The summed E-state index contributed by atoms with van der Waals surface area (Å²) >= 11 is 3.32. The molecule has 2 aromatic rings. The van der Waals surface area contributed by atoms with E-state index < -0.39 is 5.82 Å². The summed E-state index contributed by atoms with van der Waals surface area (Å²) in [4.78, 5) is 12.4. The molecule has 0 saturated heterocycles. The van der Waals surface area contributed by atoms with Crippen LogP contribution in [0.4, 0.5) is 4.39 Å². The molecule has 28 heavy (non-hydrogen) atoms. The summed E-state index contributed by atoms with van der Waals surface area (Å²) in [5, 5.41) is 3.28. The Kier molecular flexibility index (Phi) is 9.38. The number of hydrogen-bond donors (Lipinski definition) is 1. The molecule has 3 nitrogen and oxygen atoms in total. The molecule has 1 unspecified atom stereocenters. The van der Waals surface area contributed by atoms with Gasteiger partial charge in [0.05, 0.1) is 12.2 Å². The van der Waals surface area contributed by atoms with Crippen LogP contribution in [0.1, 0.15) is 48.0 Å². The molecule has 2 rings (SSSR count). The molecule has 1 N–H and O–H groups in total. The van der Waals surface area contributed by atoms with E-state index in [1.807, 2.05) is 13.1 Å². The number of carbonyl (C=O) groups excluding carboxylic acids is 1. The summed E-state index contributed by atoms with van der Waals surface area (Å²) < 4.78 is 20.9. The molecular weight excluding hydrogens is 421 g/mol. The van der Waals surface area contributed by atoms with Crippen LogP contribution in [0.2, 0.25) is 0 Å². The van der Waals surface area contributed by atoms with Crippen molar-refractivity contribution < 1.29 is 13.9 Å². The summed E-state index contributed by atoms with van der Waals surface area (Å²) in [5.74, 6) is -0.452. The highest BCUT2D eigenvalue weighted by atomic mass is 79.9. The minimum Gasteiger partial charge on any atom is -0.493 e. The molecule has 5 heteroatoms. The second kappa shape index (κ2) is 11.8. The minimum absolute atomic E-state index is 0.0509.